The summed E-state index contributed by atoms with van der Waals surface area (Å²) in [6.45, 7) is 6.54. The Bertz CT molecular complexity index is 463. The maximum atomic E-state index is 11.8. The molecule has 6 heteroatoms. The zero-order chi connectivity index (χ0) is 16.4. The fourth-order valence-corrected chi connectivity index (χ4v) is 2.01. The van der Waals surface area contributed by atoms with E-state index < -0.39 is 6.09 Å². The summed E-state index contributed by atoms with van der Waals surface area (Å²) in [5.41, 5.74) is 0.721. The zero-order valence-electron chi connectivity index (χ0n) is 13.4. The summed E-state index contributed by atoms with van der Waals surface area (Å²) in [6, 6.07) is 8.72. The molecule has 3 amide bonds. The van der Waals surface area contributed by atoms with Crippen LogP contribution in [0.3, 0.4) is 0 Å². The summed E-state index contributed by atoms with van der Waals surface area (Å²) in [4.78, 5) is 23.4. The number of nitrogens with one attached hydrogen (secondary N) is 3. The number of anilines is 1. The first-order valence-electron chi connectivity index (χ1n) is 7.54. The van der Waals surface area contributed by atoms with Gasteiger partial charge in [0.2, 0.25) is 0 Å². The Labute approximate surface area is 131 Å². The van der Waals surface area contributed by atoms with Gasteiger partial charge in [-0.3, -0.25) is 0 Å². The fourth-order valence-electron chi connectivity index (χ4n) is 2.01. The van der Waals surface area contributed by atoms with E-state index in [9.17, 15) is 9.59 Å². The minimum atomic E-state index is -0.460. The summed E-state index contributed by atoms with van der Waals surface area (Å²) < 4.78 is 4.88. The molecule has 22 heavy (non-hydrogen) atoms. The molecule has 0 saturated heterocycles. The molecule has 1 atom stereocenters. The van der Waals surface area contributed by atoms with Crippen molar-refractivity contribution in [1.29, 1.82) is 0 Å². The van der Waals surface area contributed by atoms with Crippen molar-refractivity contribution in [2.45, 2.75) is 33.2 Å². The van der Waals surface area contributed by atoms with Gasteiger partial charge < -0.3 is 20.7 Å². The number of ether oxygens (including phenoxy) is 1. The number of carbonyl (C=O) groups is 2. The number of hydrogen-bond donors (Lipinski definition) is 3. The third kappa shape index (κ3) is 7.52. The van der Waals surface area contributed by atoms with Crippen LogP contribution in [-0.2, 0) is 4.74 Å². The van der Waals surface area contributed by atoms with E-state index in [1.54, 1.807) is 6.92 Å². The Morgan fingerprint density at radius 2 is 1.86 bits per heavy atom. The molecule has 1 aromatic carbocycles. The average molecular weight is 307 g/mol. The molecule has 3 N–H and O–H groups in total. The second-order valence-corrected chi connectivity index (χ2v) is 5.39. The SMILES string of the molecule is CCOC(=O)NC(CNC(=O)Nc1ccccc1)CC(C)C. The van der Waals surface area contributed by atoms with E-state index in [1.807, 2.05) is 30.3 Å². The summed E-state index contributed by atoms with van der Waals surface area (Å²) in [6.07, 6.45) is 0.295. The molecule has 1 unspecified atom stereocenters. The molecule has 0 aliphatic rings. The number of urea groups is 1. The van der Waals surface area contributed by atoms with Crippen molar-refractivity contribution >= 4 is 17.8 Å². The normalized spacial score (nSPS) is 11.6. The van der Waals surface area contributed by atoms with Gasteiger partial charge in [0.15, 0.2) is 0 Å². The number of hydrogen-bond acceptors (Lipinski definition) is 3. The summed E-state index contributed by atoms with van der Waals surface area (Å²) in [7, 11) is 0. The lowest BCUT2D eigenvalue weighted by molar-refractivity contribution is 0.146. The Kier molecular flexibility index (Phi) is 7.81. The van der Waals surface area contributed by atoms with Gasteiger partial charge in [0, 0.05) is 18.3 Å². The van der Waals surface area contributed by atoms with Crippen LogP contribution in [0.5, 0.6) is 0 Å². The second kappa shape index (κ2) is 9.65. The topological polar surface area (TPSA) is 79.5 Å². The Hall–Kier alpha value is -2.24. The average Bonchev–Trinajstić information content (AvgIpc) is 2.45. The highest BCUT2D eigenvalue weighted by Crippen LogP contribution is 2.06. The maximum absolute atomic E-state index is 11.8. The lowest BCUT2D eigenvalue weighted by Gasteiger charge is -2.20. The van der Waals surface area contributed by atoms with Gasteiger partial charge in [-0.05, 0) is 31.4 Å². The highest BCUT2D eigenvalue weighted by Gasteiger charge is 2.15. The minimum Gasteiger partial charge on any atom is -0.450 e. The van der Waals surface area contributed by atoms with Crippen LogP contribution in [0.1, 0.15) is 27.2 Å². The van der Waals surface area contributed by atoms with Crippen LogP contribution in [0, 0.1) is 5.92 Å². The lowest BCUT2D eigenvalue weighted by atomic mass is 10.0. The van der Waals surface area contributed by atoms with Gasteiger partial charge in [0.05, 0.1) is 6.61 Å². The van der Waals surface area contributed by atoms with Crippen molar-refractivity contribution in [2.24, 2.45) is 5.92 Å². The van der Waals surface area contributed by atoms with Crippen LogP contribution in [0.25, 0.3) is 0 Å². The third-order valence-electron chi connectivity index (χ3n) is 2.89. The van der Waals surface area contributed by atoms with Gasteiger partial charge in [-0.25, -0.2) is 9.59 Å². The van der Waals surface area contributed by atoms with Crippen molar-refractivity contribution < 1.29 is 14.3 Å². The molecule has 1 rings (SSSR count). The van der Waals surface area contributed by atoms with Gasteiger partial charge >= 0.3 is 12.1 Å². The predicted molar refractivity (Wildman–Crippen MR) is 86.9 cm³/mol. The predicted octanol–water partition coefficient (Wildman–Crippen LogP) is 2.97. The van der Waals surface area contributed by atoms with Crippen LogP contribution in [-0.4, -0.2) is 31.3 Å². The molecular weight excluding hydrogens is 282 g/mol. The van der Waals surface area contributed by atoms with E-state index >= 15 is 0 Å². The number of amides is 3. The van der Waals surface area contributed by atoms with Crippen molar-refractivity contribution in [3.8, 4) is 0 Å². The second-order valence-electron chi connectivity index (χ2n) is 5.39. The summed E-state index contributed by atoms with van der Waals surface area (Å²) in [5, 5.41) is 8.26. The van der Waals surface area contributed by atoms with Crippen molar-refractivity contribution in [3.05, 3.63) is 30.3 Å². The van der Waals surface area contributed by atoms with Crippen LogP contribution < -0.4 is 16.0 Å². The number of rotatable bonds is 7. The molecule has 0 radical (unpaired) electrons. The molecule has 0 bridgehead atoms. The third-order valence-corrected chi connectivity index (χ3v) is 2.89. The standard InChI is InChI=1S/C16H25N3O3/c1-4-22-16(21)19-14(10-12(2)3)11-17-15(20)18-13-8-6-5-7-9-13/h5-9,12,14H,4,10-11H2,1-3H3,(H,19,21)(H2,17,18,20). The molecule has 0 spiro atoms. The van der Waals surface area contributed by atoms with Crippen LogP contribution in [0.4, 0.5) is 15.3 Å². The van der Waals surface area contributed by atoms with Crippen molar-refractivity contribution in [1.82, 2.24) is 10.6 Å². The van der Waals surface area contributed by atoms with E-state index in [4.69, 9.17) is 4.74 Å². The highest BCUT2D eigenvalue weighted by molar-refractivity contribution is 5.89. The highest BCUT2D eigenvalue weighted by atomic mass is 16.5. The van der Waals surface area contributed by atoms with Crippen molar-refractivity contribution in [3.63, 3.8) is 0 Å². The van der Waals surface area contributed by atoms with E-state index in [2.05, 4.69) is 29.8 Å². The fraction of sp³-hybridized carbons (Fsp3) is 0.500. The van der Waals surface area contributed by atoms with E-state index in [1.165, 1.54) is 0 Å². The van der Waals surface area contributed by atoms with Crippen LogP contribution in [0.15, 0.2) is 30.3 Å². The number of carbonyl (C=O) groups excluding carboxylic acids is 2. The molecule has 0 fully saturated rings. The molecule has 0 saturated carbocycles. The van der Waals surface area contributed by atoms with Crippen LogP contribution >= 0.6 is 0 Å². The zero-order valence-corrected chi connectivity index (χ0v) is 13.4. The Morgan fingerprint density at radius 3 is 2.45 bits per heavy atom. The summed E-state index contributed by atoms with van der Waals surface area (Å²) >= 11 is 0. The molecule has 122 valence electrons. The molecule has 0 heterocycles. The molecule has 1 aromatic rings. The number of para-hydroxylation sites is 1. The quantitative estimate of drug-likeness (QED) is 0.724. The van der Waals surface area contributed by atoms with Gasteiger partial charge in [-0.15, -0.1) is 0 Å². The largest absolute Gasteiger partial charge is 0.450 e. The van der Waals surface area contributed by atoms with Gasteiger partial charge in [0.1, 0.15) is 0 Å². The molecular formula is C16H25N3O3. The molecule has 0 aliphatic carbocycles. The van der Waals surface area contributed by atoms with Gasteiger partial charge in [0.25, 0.3) is 0 Å². The molecule has 6 nitrogen and oxygen atoms in total. The van der Waals surface area contributed by atoms with E-state index in [0.29, 0.717) is 19.1 Å². The van der Waals surface area contributed by atoms with Gasteiger partial charge in [-0.1, -0.05) is 32.0 Å². The number of alkyl carbamates (subject to hydrolysis) is 1. The Balaban J connectivity index is 2.44. The van der Waals surface area contributed by atoms with E-state index in [0.717, 1.165) is 12.1 Å². The first-order valence-corrected chi connectivity index (χ1v) is 7.54. The first kappa shape index (κ1) is 17.8. The lowest BCUT2D eigenvalue weighted by Crippen LogP contribution is -2.45. The first-order chi connectivity index (χ1) is 10.5. The minimum absolute atomic E-state index is 0.166. The molecule has 0 aromatic heterocycles. The van der Waals surface area contributed by atoms with Gasteiger partial charge in [-0.2, -0.15) is 0 Å². The smallest absolute Gasteiger partial charge is 0.407 e. The molecule has 0 aliphatic heterocycles. The maximum Gasteiger partial charge on any atom is 0.407 e. The van der Waals surface area contributed by atoms with E-state index in [-0.39, 0.29) is 12.1 Å². The Morgan fingerprint density at radius 1 is 1.18 bits per heavy atom. The number of benzene rings is 1. The summed E-state index contributed by atoms with van der Waals surface area (Å²) in [5.74, 6) is 0.394. The van der Waals surface area contributed by atoms with Crippen LogP contribution in [0.2, 0.25) is 0 Å². The monoisotopic (exact) mass is 307 g/mol. The van der Waals surface area contributed by atoms with Crippen molar-refractivity contribution in [2.75, 3.05) is 18.5 Å².